The van der Waals surface area contributed by atoms with Gasteiger partial charge in [-0.25, -0.2) is 0 Å². The van der Waals surface area contributed by atoms with E-state index >= 15 is 0 Å². The molecule has 6 heteroatoms. The molecule has 1 heterocycles. The molecule has 0 aromatic heterocycles. The molecule has 0 aliphatic carbocycles. The van der Waals surface area contributed by atoms with Crippen LogP contribution in [-0.4, -0.2) is 29.9 Å². The van der Waals surface area contributed by atoms with Crippen LogP contribution < -0.4 is 10.5 Å². The fraction of sp³-hybridized carbons (Fsp3) is 0.381. The highest BCUT2D eigenvalue weighted by Gasteiger charge is 2.27. The van der Waals surface area contributed by atoms with E-state index in [9.17, 15) is 4.79 Å². The number of benzene rings is 2. The van der Waals surface area contributed by atoms with Crippen molar-refractivity contribution in [3.63, 3.8) is 0 Å². The molecule has 1 fully saturated rings. The summed E-state index contributed by atoms with van der Waals surface area (Å²) in [6.45, 7) is 3.81. The Morgan fingerprint density at radius 3 is 2.70 bits per heavy atom. The lowest BCUT2D eigenvalue weighted by Gasteiger charge is -2.35. The molecule has 1 aliphatic rings. The summed E-state index contributed by atoms with van der Waals surface area (Å²) >= 11 is 6.19. The van der Waals surface area contributed by atoms with Gasteiger partial charge in [0.1, 0.15) is 12.4 Å². The summed E-state index contributed by atoms with van der Waals surface area (Å²) in [7, 11) is 0. The maximum Gasteiger partial charge on any atom is 0.257 e. The van der Waals surface area contributed by atoms with E-state index in [4.69, 9.17) is 22.1 Å². The fourth-order valence-corrected chi connectivity index (χ4v) is 3.52. The number of nitrogens with zero attached hydrogens (tertiary/aromatic N) is 1. The summed E-state index contributed by atoms with van der Waals surface area (Å²) in [6, 6.07) is 15.0. The highest BCUT2D eigenvalue weighted by atomic mass is 35.5. The molecule has 2 aromatic rings. The summed E-state index contributed by atoms with van der Waals surface area (Å²) in [6.07, 6.45) is 2.06. The van der Waals surface area contributed by atoms with Crippen LogP contribution >= 0.6 is 24.0 Å². The van der Waals surface area contributed by atoms with Crippen molar-refractivity contribution < 1.29 is 9.53 Å². The average molecular weight is 409 g/mol. The van der Waals surface area contributed by atoms with Crippen molar-refractivity contribution in [2.24, 2.45) is 11.7 Å². The molecule has 0 radical (unpaired) electrons. The maximum absolute atomic E-state index is 13.0. The Morgan fingerprint density at radius 2 is 1.96 bits per heavy atom. The average Bonchev–Trinajstić information content (AvgIpc) is 2.67. The van der Waals surface area contributed by atoms with Gasteiger partial charge in [0.15, 0.2) is 0 Å². The van der Waals surface area contributed by atoms with E-state index in [1.807, 2.05) is 60.4 Å². The van der Waals surface area contributed by atoms with Crippen molar-refractivity contribution in [2.75, 3.05) is 13.1 Å². The van der Waals surface area contributed by atoms with Gasteiger partial charge in [-0.1, -0.05) is 41.9 Å². The van der Waals surface area contributed by atoms with Gasteiger partial charge in [0, 0.05) is 29.7 Å². The SMILES string of the molecule is CC(N)C1CCCN(C(=O)c2ccccc2OCc2ccccc2Cl)C1.Cl. The van der Waals surface area contributed by atoms with Crippen LogP contribution in [0.5, 0.6) is 5.75 Å². The molecule has 1 aliphatic heterocycles. The molecular formula is C21H26Cl2N2O2. The second-order valence-electron chi connectivity index (χ2n) is 6.89. The van der Waals surface area contributed by atoms with Crippen LogP contribution in [0.2, 0.25) is 5.02 Å². The first kappa shape index (κ1) is 21.5. The highest BCUT2D eigenvalue weighted by molar-refractivity contribution is 6.31. The minimum atomic E-state index is 0. The zero-order valence-corrected chi connectivity index (χ0v) is 17.0. The first-order valence-corrected chi connectivity index (χ1v) is 9.44. The Balaban J connectivity index is 0.00000261. The van der Waals surface area contributed by atoms with Crippen LogP contribution in [0.4, 0.5) is 0 Å². The minimum Gasteiger partial charge on any atom is -0.488 e. The lowest BCUT2D eigenvalue weighted by atomic mass is 9.92. The van der Waals surface area contributed by atoms with Gasteiger partial charge in [-0.15, -0.1) is 12.4 Å². The van der Waals surface area contributed by atoms with Crippen molar-refractivity contribution in [2.45, 2.75) is 32.4 Å². The topological polar surface area (TPSA) is 55.6 Å². The first-order chi connectivity index (χ1) is 12.6. The van der Waals surface area contributed by atoms with Gasteiger partial charge in [-0.05, 0) is 43.9 Å². The van der Waals surface area contributed by atoms with Gasteiger partial charge >= 0.3 is 0 Å². The lowest BCUT2D eigenvalue weighted by molar-refractivity contribution is 0.0656. The van der Waals surface area contributed by atoms with Crippen LogP contribution in [0.15, 0.2) is 48.5 Å². The molecule has 2 unspecified atom stereocenters. The van der Waals surface area contributed by atoms with Crippen LogP contribution in [0.3, 0.4) is 0 Å². The summed E-state index contributed by atoms with van der Waals surface area (Å²) < 4.78 is 5.93. The van der Waals surface area contributed by atoms with Gasteiger partial charge in [0.2, 0.25) is 0 Å². The van der Waals surface area contributed by atoms with Gasteiger partial charge in [-0.2, -0.15) is 0 Å². The van der Waals surface area contributed by atoms with Crippen molar-refractivity contribution in [3.05, 3.63) is 64.7 Å². The third-order valence-corrected chi connectivity index (χ3v) is 5.32. The summed E-state index contributed by atoms with van der Waals surface area (Å²) in [5.74, 6) is 0.939. The van der Waals surface area contributed by atoms with E-state index in [1.165, 1.54) is 0 Å². The van der Waals surface area contributed by atoms with E-state index in [0.29, 0.717) is 35.4 Å². The number of carbonyl (C=O) groups excluding carboxylic acids is 1. The molecule has 146 valence electrons. The number of rotatable bonds is 5. The molecule has 0 spiro atoms. The number of likely N-dealkylation sites (tertiary alicyclic amines) is 1. The number of piperidine rings is 1. The van der Waals surface area contributed by atoms with Crippen LogP contribution in [0.1, 0.15) is 35.7 Å². The van der Waals surface area contributed by atoms with Gasteiger partial charge < -0.3 is 15.4 Å². The predicted molar refractivity (Wildman–Crippen MR) is 112 cm³/mol. The number of hydrogen-bond acceptors (Lipinski definition) is 3. The van der Waals surface area contributed by atoms with E-state index in [-0.39, 0.29) is 24.4 Å². The van der Waals surface area contributed by atoms with Crippen LogP contribution in [0, 0.1) is 5.92 Å². The standard InChI is InChI=1S/C21H25ClN2O2.ClH/c1-15(23)16-8-6-12-24(13-16)21(25)18-9-3-5-11-20(18)26-14-17-7-2-4-10-19(17)22;/h2-5,7,9-11,15-16H,6,8,12-14,23H2,1H3;1H. The number of para-hydroxylation sites is 1. The summed E-state index contributed by atoms with van der Waals surface area (Å²) in [5, 5.41) is 0.659. The number of hydrogen-bond donors (Lipinski definition) is 1. The molecule has 2 N–H and O–H groups in total. The number of halogens is 2. The van der Waals surface area contributed by atoms with E-state index in [2.05, 4.69) is 0 Å². The second kappa shape index (κ2) is 9.98. The van der Waals surface area contributed by atoms with E-state index in [1.54, 1.807) is 0 Å². The molecule has 0 saturated carbocycles. The molecule has 1 amide bonds. The smallest absolute Gasteiger partial charge is 0.257 e. The number of amides is 1. The number of nitrogens with two attached hydrogens (primary N) is 1. The molecule has 3 rings (SSSR count). The molecule has 2 atom stereocenters. The van der Waals surface area contributed by atoms with E-state index in [0.717, 1.165) is 24.9 Å². The Bertz CT molecular complexity index is 767. The Kier molecular flexibility index (Phi) is 7.96. The maximum atomic E-state index is 13.0. The number of carbonyl (C=O) groups is 1. The Morgan fingerprint density at radius 1 is 1.26 bits per heavy atom. The Labute approximate surface area is 172 Å². The van der Waals surface area contributed by atoms with Crippen LogP contribution in [0.25, 0.3) is 0 Å². The third-order valence-electron chi connectivity index (χ3n) is 4.95. The van der Waals surface area contributed by atoms with Crippen molar-refractivity contribution >= 4 is 29.9 Å². The zero-order chi connectivity index (χ0) is 18.5. The molecular weight excluding hydrogens is 383 g/mol. The fourth-order valence-electron chi connectivity index (χ4n) is 3.33. The van der Waals surface area contributed by atoms with Crippen LogP contribution in [-0.2, 0) is 6.61 Å². The van der Waals surface area contributed by atoms with Crippen molar-refractivity contribution in [1.29, 1.82) is 0 Å². The first-order valence-electron chi connectivity index (χ1n) is 9.06. The summed E-state index contributed by atoms with van der Waals surface area (Å²) in [4.78, 5) is 14.9. The highest BCUT2D eigenvalue weighted by Crippen LogP contribution is 2.26. The summed E-state index contributed by atoms with van der Waals surface area (Å²) in [5.41, 5.74) is 7.53. The predicted octanol–water partition coefficient (Wildman–Crippen LogP) is 4.54. The Hall–Kier alpha value is -1.75. The molecule has 1 saturated heterocycles. The normalized spacial score (nSPS) is 17.7. The van der Waals surface area contributed by atoms with Gasteiger partial charge in [0.05, 0.1) is 5.56 Å². The zero-order valence-electron chi connectivity index (χ0n) is 15.4. The minimum absolute atomic E-state index is 0. The molecule has 0 bridgehead atoms. The monoisotopic (exact) mass is 408 g/mol. The molecule has 27 heavy (non-hydrogen) atoms. The lowest BCUT2D eigenvalue weighted by Crippen LogP contribution is -2.45. The molecule has 2 aromatic carbocycles. The van der Waals surface area contributed by atoms with Gasteiger partial charge in [-0.3, -0.25) is 4.79 Å². The molecule has 4 nitrogen and oxygen atoms in total. The quantitative estimate of drug-likeness (QED) is 0.789. The van der Waals surface area contributed by atoms with E-state index < -0.39 is 0 Å². The van der Waals surface area contributed by atoms with Crippen molar-refractivity contribution in [3.8, 4) is 5.75 Å². The number of ether oxygens (including phenoxy) is 1. The second-order valence-corrected chi connectivity index (χ2v) is 7.30. The largest absolute Gasteiger partial charge is 0.488 e. The van der Waals surface area contributed by atoms with Crippen molar-refractivity contribution in [1.82, 2.24) is 4.90 Å². The third kappa shape index (κ3) is 5.38. The van der Waals surface area contributed by atoms with Gasteiger partial charge in [0.25, 0.3) is 5.91 Å².